The topological polar surface area (TPSA) is 58.4 Å². The van der Waals surface area contributed by atoms with Crippen LogP contribution in [0, 0.1) is 5.92 Å². The van der Waals surface area contributed by atoms with Gasteiger partial charge in [-0.25, -0.2) is 0 Å². The molecule has 2 heterocycles. The molecule has 1 atom stereocenters. The van der Waals surface area contributed by atoms with Gasteiger partial charge in [-0.2, -0.15) is 0 Å². The summed E-state index contributed by atoms with van der Waals surface area (Å²) in [6.45, 7) is 2.66. The maximum atomic E-state index is 12.1. The summed E-state index contributed by atoms with van der Waals surface area (Å²) in [4.78, 5) is 14.4. The van der Waals surface area contributed by atoms with Crippen molar-refractivity contribution in [3.63, 3.8) is 0 Å². The fourth-order valence-corrected chi connectivity index (χ4v) is 3.39. The number of halogens is 1. The molecule has 0 bridgehead atoms. The van der Waals surface area contributed by atoms with Gasteiger partial charge < -0.3 is 14.7 Å². The second-order valence-corrected chi connectivity index (χ2v) is 7.21. The molecule has 1 amide bonds. The number of amides is 1. The molecule has 1 aliphatic heterocycles. The van der Waals surface area contributed by atoms with E-state index in [2.05, 4.69) is 22.4 Å². The Hall–Kier alpha value is -1.85. The maximum absolute atomic E-state index is 12.1. The highest BCUT2D eigenvalue weighted by Gasteiger charge is 2.18. The lowest BCUT2D eigenvalue weighted by Crippen LogP contribution is -2.33. The minimum atomic E-state index is 0.0734. The fraction of sp³-hybridized carbons (Fsp3) is 0.474. The molecule has 134 valence electrons. The van der Waals surface area contributed by atoms with Gasteiger partial charge in [0.15, 0.2) is 5.76 Å². The van der Waals surface area contributed by atoms with Crippen LogP contribution in [0.5, 0.6) is 0 Å². The van der Waals surface area contributed by atoms with Crippen molar-refractivity contribution in [1.82, 2.24) is 15.4 Å². The van der Waals surface area contributed by atoms with Crippen LogP contribution < -0.4 is 5.32 Å². The van der Waals surface area contributed by atoms with Gasteiger partial charge >= 0.3 is 0 Å². The number of hydrogen-bond acceptors (Lipinski definition) is 4. The van der Waals surface area contributed by atoms with Crippen molar-refractivity contribution in [2.24, 2.45) is 5.92 Å². The van der Waals surface area contributed by atoms with E-state index in [-0.39, 0.29) is 5.91 Å². The smallest absolute Gasteiger partial charge is 0.220 e. The predicted octanol–water partition coefficient (Wildman–Crippen LogP) is 3.73. The Morgan fingerprint density at radius 3 is 2.96 bits per heavy atom. The molecule has 1 fully saturated rings. The first kappa shape index (κ1) is 18.0. The first-order valence-electron chi connectivity index (χ1n) is 8.77. The molecule has 25 heavy (non-hydrogen) atoms. The first-order valence-corrected chi connectivity index (χ1v) is 9.15. The largest absolute Gasteiger partial charge is 0.356 e. The lowest BCUT2D eigenvalue weighted by atomic mass is 9.93. The van der Waals surface area contributed by atoms with Crippen molar-refractivity contribution in [2.45, 2.75) is 32.2 Å². The Bertz CT molecular complexity index is 699. The predicted molar refractivity (Wildman–Crippen MR) is 98.3 cm³/mol. The van der Waals surface area contributed by atoms with Gasteiger partial charge in [0.2, 0.25) is 5.91 Å². The lowest BCUT2D eigenvalue weighted by Gasteiger charge is -2.29. The second kappa shape index (κ2) is 8.50. The zero-order chi connectivity index (χ0) is 17.6. The molecule has 0 radical (unpaired) electrons. The van der Waals surface area contributed by atoms with Gasteiger partial charge in [-0.15, -0.1) is 0 Å². The fourth-order valence-electron chi connectivity index (χ4n) is 3.27. The van der Waals surface area contributed by atoms with Crippen LogP contribution in [-0.2, 0) is 11.3 Å². The summed E-state index contributed by atoms with van der Waals surface area (Å²) in [5.74, 6) is 1.38. The number of benzene rings is 1. The summed E-state index contributed by atoms with van der Waals surface area (Å²) in [6, 6.07) is 9.23. The number of aromatic nitrogens is 1. The van der Waals surface area contributed by atoms with Crippen LogP contribution >= 0.6 is 11.6 Å². The number of carbonyl (C=O) groups is 1. The number of carbonyl (C=O) groups excluding carboxylic acids is 1. The minimum absolute atomic E-state index is 0.0734. The van der Waals surface area contributed by atoms with Crippen molar-refractivity contribution in [1.29, 1.82) is 0 Å². The molecule has 2 aromatic rings. The van der Waals surface area contributed by atoms with Gasteiger partial charge in [-0.3, -0.25) is 4.79 Å². The normalized spacial score (nSPS) is 18.2. The van der Waals surface area contributed by atoms with Crippen LogP contribution in [0.15, 0.2) is 34.9 Å². The summed E-state index contributed by atoms with van der Waals surface area (Å²) < 4.78 is 5.34. The van der Waals surface area contributed by atoms with Crippen LogP contribution in [0.3, 0.4) is 0 Å². The Balaban J connectivity index is 1.44. The van der Waals surface area contributed by atoms with Gasteiger partial charge in [-0.1, -0.05) is 16.8 Å². The van der Waals surface area contributed by atoms with E-state index >= 15 is 0 Å². The maximum Gasteiger partial charge on any atom is 0.220 e. The van der Waals surface area contributed by atoms with Gasteiger partial charge in [0, 0.05) is 29.6 Å². The van der Waals surface area contributed by atoms with Gasteiger partial charge in [0.05, 0.1) is 6.54 Å². The molecule has 1 saturated heterocycles. The Kier molecular flexibility index (Phi) is 6.10. The van der Waals surface area contributed by atoms with Gasteiger partial charge in [-0.05, 0) is 63.0 Å². The molecule has 0 saturated carbocycles. The van der Waals surface area contributed by atoms with Crippen molar-refractivity contribution >= 4 is 17.5 Å². The average molecular weight is 362 g/mol. The molecule has 0 aliphatic carbocycles. The molecule has 1 aromatic heterocycles. The van der Waals surface area contributed by atoms with Crippen LogP contribution in [0.25, 0.3) is 11.3 Å². The highest BCUT2D eigenvalue weighted by atomic mass is 35.5. The molecule has 1 aliphatic rings. The highest BCUT2D eigenvalue weighted by molar-refractivity contribution is 6.30. The number of piperidine rings is 1. The summed E-state index contributed by atoms with van der Waals surface area (Å²) >= 11 is 5.89. The molecular formula is C19H24ClN3O2. The van der Waals surface area contributed by atoms with E-state index < -0.39 is 0 Å². The standard InChI is InChI=1S/C19H24ClN3O2/c1-23-10-2-3-14(13-23)4-9-19(24)21-12-17-11-18(25-22-17)15-5-7-16(20)8-6-15/h5-8,11,14H,2-4,9-10,12-13H2,1H3,(H,21,24). The van der Waals surface area contributed by atoms with Crippen LogP contribution in [0.4, 0.5) is 0 Å². The van der Waals surface area contributed by atoms with Crippen molar-refractivity contribution in [2.75, 3.05) is 20.1 Å². The third kappa shape index (κ3) is 5.31. The molecule has 5 nitrogen and oxygen atoms in total. The van der Waals surface area contributed by atoms with Gasteiger partial charge in [0.25, 0.3) is 0 Å². The number of hydrogen-bond donors (Lipinski definition) is 1. The van der Waals surface area contributed by atoms with Gasteiger partial charge in [0.1, 0.15) is 5.69 Å². The summed E-state index contributed by atoms with van der Waals surface area (Å²) in [5.41, 5.74) is 1.63. The molecule has 1 aromatic carbocycles. The molecule has 3 rings (SSSR count). The number of rotatable bonds is 6. The van der Waals surface area contributed by atoms with E-state index in [4.69, 9.17) is 16.1 Å². The van der Waals surface area contributed by atoms with E-state index in [1.54, 1.807) is 0 Å². The molecule has 0 spiro atoms. The molecular weight excluding hydrogens is 338 g/mol. The van der Waals surface area contributed by atoms with Crippen molar-refractivity contribution < 1.29 is 9.32 Å². The monoisotopic (exact) mass is 361 g/mol. The molecule has 1 N–H and O–H groups in total. The summed E-state index contributed by atoms with van der Waals surface area (Å²) in [7, 11) is 2.15. The highest BCUT2D eigenvalue weighted by Crippen LogP contribution is 2.22. The Morgan fingerprint density at radius 2 is 2.20 bits per heavy atom. The van der Waals surface area contributed by atoms with E-state index in [1.807, 2.05) is 30.3 Å². The number of nitrogens with zero attached hydrogens (tertiary/aromatic N) is 2. The van der Waals surface area contributed by atoms with Crippen molar-refractivity contribution in [3.8, 4) is 11.3 Å². The lowest BCUT2D eigenvalue weighted by molar-refractivity contribution is -0.121. The first-order chi connectivity index (χ1) is 12.1. The molecule has 6 heteroatoms. The van der Waals surface area contributed by atoms with Crippen LogP contribution in [0.1, 0.15) is 31.4 Å². The Morgan fingerprint density at radius 1 is 1.40 bits per heavy atom. The zero-order valence-electron chi connectivity index (χ0n) is 14.5. The summed E-state index contributed by atoms with van der Waals surface area (Å²) in [5, 5.41) is 7.63. The average Bonchev–Trinajstić information content (AvgIpc) is 3.08. The van der Waals surface area contributed by atoms with Crippen molar-refractivity contribution in [3.05, 3.63) is 41.0 Å². The Labute approximate surface area is 153 Å². The van der Waals surface area contributed by atoms with E-state index in [9.17, 15) is 4.79 Å². The quantitative estimate of drug-likeness (QED) is 0.851. The molecule has 1 unspecified atom stereocenters. The van der Waals surface area contributed by atoms with E-state index in [1.165, 1.54) is 19.4 Å². The minimum Gasteiger partial charge on any atom is -0.356 e. The zero-order valence-corrected chi connectivity index (χ0v) is 15.3. The van der Waals surface area contributed by atoms with Crippen LogP contribution in [0.2, 0.25) is 5.02 Å². The van der Waals surface area contributed by atoms with E-state index in [0.29, 0.717) is 29.7 Å². The third-order valence-electron chi connectivity index (χ3n) is 4.66. The summed E-state index contributed by atoms with van der Waals surface area (Å²) in [6.07, 6.45) is 3.98. The third-order valence-corrected chi connectivity index (χ3v) is 4.91. The number of likely N-dealkylation sites (tertiary alicyclic amines) is 1. The number of nitrogens with one attached hydrogen (secondary N) is 1. The van der Waals surface area contributed by atoms with Crippen LogP contribution in [-0.4, -0.2) is 36.1 Å². The second-order valence-electron chi connectivity index (χ2n) is 6.78. The SMILES string of the molecule is CN1CCCC(CCC(=O)NCc2cc(-c3ccc(Cl)cc3)on2)C1. The van der Waals surface area contributed by atoms with E-state index in [0.717, 1.165) is 24.2 Å².